The molecule has 5 rings (SSSR count). The molecule has 2 saturated heterocycles. The molecule has 2 unspecified atom stereocenters. The van der Waals surface area contributed by atoms with Crippen molar-refractivity contribution in [2.24, 2.45) is 5.92 Å². The van der Waals surface area contributed by atoms with E-state index in [9.17, 15) is 4.79 Å². The van der Waals surface area contributed by atoms with Gasteiger partial charge in [0.15, 0.2) is 0 Å². The fourth-order valence-electron chi connectivity index (χ4n) is 4.26. The molecule has 0 radical (unpaired) electrons. The number of fused-ring (bicyclic) bond motifs is 1. The van der Waals surface area contributed by atoms with Crippen LogP contribution < -0.4 is 15.8 Å². The van der Waals surface area contributed by atoms with Crippen LogP contribution in [0, 0.1) is 5.92 Å². The zero-order valence-corrected chi connectivity index (χ0v) is 15.7. The highest BCUT2D eigenvalue weighted by atomic mass is 16.3. The number of para-hydroxylation sites is 2. The van der Waals surface area contributed by atoms with Crippen molar-refractivity contribution in [1.29, 1.82) is 0 Å². The maximum Gasteiger partial charge on any atom is 0.241 e. The standard InChI is InChI=1S/C22H24N4O2/c27-21-15-25(10-11-26(21)18-7-2-1-3-8-18)14-17-13-23-24-22(17)20-12-16-6-4-5-9-19(16)28-20/h1-9,12,17,22-24H,10-11,13-15H2. The summed E-state index contributed by atoms with van der Waals surface area (Å²) in [6.07, 6.45) is 0. The second-order valence-corrected chi connectivity index (χ2v) is 7.57. The fourth-order valence-corrected chi connectivity index (χ4v) is 4.26. The third-order valence-electron chi connectivity index (χ3n) is 5.70. The molecule has 0 aliphatic carbocycles. The van der Waals surface area contributed by atoms with Crippen LogP contribution in [0.5, 0.6) is 0 Å². The quantitative estimate of drug-likeness (QED) is 0.733. The highest BCUT2D eigenvalue weighted by Gasteiger charge is 2.34. The highest BCUT2D eigenvalue weighted by molar-refractivity contribution is 5.95. The monoisotopic (exact) mass is 376 g/mol. The molecule has 2 aromatic carbocycles. The Morgan fingerprint density at radius 2 is 1.86 bits per heavy atom. The van der Waals surface area contributed by atoms with Gasteiger partial charge in [0.2, 0.25) is 5.91 Å². The maximum atomic E-state index is 12.7. The summed E-state index contributed by atoms with van der Waals surface area (Å²) in [6, 6.07) is 20.2. The van der Waals surface area contributed by atoms with Crippen LogP contribution in [-0.4, -0.2) is 43.5 Å². The smallest absolute Gasteiger partial charge is 0.241 e. The van der Waals surface area contributed by atoms with Gasteiger partial charge in [0.1, 0.15) is 11.3 Å². The van der Waals surface area contributed by atoms with Crippen LogP contribution in [0.2, 0.25) is 0 Å². The van der Waals surface area contributed by atoms with E-state index in [2.05, 4.69) is 27.9 Å². The zero-order chi connectivity index (χ0) is 18.9. The van der Waals surface area contributed by atoms with Gasteiger partial charge in [-0.25, -0.2) is 5.43 Å². The van der Waals surface area contributed by atoms with Crippen LogP contribution in [0.1, 0.15) is 11.8 Å². The van der Waals surface area contributed by atoms with E-state index in [1.807, 2.05) is 53.4 Å². The van der Waals surface area contributed by atoms with Gasteiger partial charge in [0, 0.05) is 43.2 Å². The van der Waals surface area contributed by atoms with Crippen molar-refractivity contribution >= 4 is 22.6 Å². The summed E-state index contributed by atoms with van der Waals surface area (Å²) in [5.41, 5.74) is 8.52. The number of rotatable bonds is 4. The number of hydrazine groups is 1. The Balaban J connectivity index is 1.26. The fraction of sp³-hybridized carbons (Fsp3) is 0.318. The number of nitrogens with zero attached hydrogens (tertiary/aromatic N) is 2. The minimum Gasteiger partial charge on any atom is -0.459 e. The van der Waals surface area contributed by atoms with Crippen LogP contribution in [-0.2, 0) is 4.79 Å². The van der Waals surface area contributed by atoms with Crippen LogP contribution in [0.25, 0.3) is 11.0 Å². The summed E-state index contributed by atoms with van der Waals surface area (Å²) in [7, 11) is 0. The second kappa shape index (κ2) is 7.39. The van der Waals surface area contributed by atoms with Crippen LogP contribution >= 0.6 is 0 Å². The van der Waals surface area contributed by atoms with Gasteiger partial charge in [-0.3, -0.25) is 15.1 Å². The summed E-state index contributed by atoms with van der Waals surface area (Å²) in [5.74, 6) is 1.46. The first-order valence-electron chi connectivity index (χ1n) is 9.82. The molecule has 3 heterocycles. The molecular formula is C22H24N4O2. The number of amides is 1. The van der Waals surface area contributed by atoms with Gasteiger partial charge in [-0.1, -0.05) is 36.4 Å². The van der Waals surface area contributed by atoms with E-state index >= 15 is 0 Å². The van der Waals surface area contributed by atoms with Gasteiger partial charge in [-0.2, -0.15) is 0 Å². The average Bonchev–Trinajstić information content (AvgIpc) is 3.35. The van der Waals surface area contributed by atoms with Crippen LogP contribution in [0.4, 0.5) is 5.69 Å². The summed E-state index contributed by atoms with van der Waals surface area (Å²) in [5, 5.41) is 1.12. The normalized spacial score (nSPS) is 23.6. The molecule has 1 amide bonds. The number of hydrogen-bond donors (Lipinski definition) is 2. The molecule has 3 aromatic rings. The first kappa shape index (κ1) is 17.4. The predicted molar refractivity (Wildman–Crippen MR) is 109 cm³/mol. The molecule has 28 heavy (non-hydrogen) atoms. The summed E-state index contributed by atoms with van der Waals surface area (Å²) in [6.45, 7) is 3.78. The lowest BCUT2D eigenvalue weighted by molar-refractivity contribution is -0.121. The van der Waals surface area contributed by atoms with E-state index in [1.165, 1.54) is 0 Å². The van der Waals surface area contributed by atoms with Gasteiger partial charge in [0.25, 0.3) is 0 Å². The topological polar surface area (TPSA) is 60.8 Å². The van der Waals surface area contributed by atoms with Gasteiger partial charge in [0.05, 0.1) is 12.6 Å². The minimum absolute atomic E-state index is 0.106. The average molecular weight is 376 g/mol. The molecule has 2 aliphatic rings. The Morgan fingerprint density at radius 1 is 1.04 bits per heavy atom. The SMILES string of the molecule is O=C1CN(CC2CNNC2c2cc3ccccc3o2)CCN1c1ccccc1. The molecule has 0 spiro atoms. The third kappa shape index (κ3) is 3.30. The Morgan fingerprint density at radius 3 is 2.68 bits per heavy atom. The summed E-state index contributed by atoms with van der Waals surface area (Å²) >= 11 is 0. The Kier molecular flexibility index (Phi) is 4.60. The molecular weight excluding hydrogens is 352 g/mol. The molecule has 6 heteroatoms. The number of benzene rings is 2. The molecule has 144 valence electrons. The maximum absolute atomic E-state index is 12.7. The lowest BCUT2D eigenvalue weighted by Gasteiger charge is -2.36. The molecule has 2 atom stereocenters. The van der Waals surface area contributed by atoms with E-state index in [4.69, 9.17) is 4.42 Å². The molecule has 2 aliphatic heterocycles. The number of hydrogen-bond acceptors (Lipinski definition) is 5. The van der Waals surface area contributed by atoms with E-state index in [1.54, 1.807) is 0 Å². The van der Waals surface area contributed by atoms with Crippen molar-refractivity contribution < 1.29 is 9.21 Å². The lowest BCUT2D eigenvalue weighted by atomic mass is 9.98. The minimum atomic E-state index is 0.106. The van der Waals surface area contributed by atoms with Crippen molar-refractivity contribution in [2.75, 3.05) is 37.6 Å². The number of piperazine rings is 1. The largest absolute Gasteiger partial charge is 0.459 e. The Labute approximate surface area is 164 Å². The van der Waals surface area contributed by atoms with Crippen molar-refractivity contribution in [3.05, 3.63) is 66.4 Å². The van der Waals surface area contributed by atoms with Crippen LogP contribution in [0.3, 0.4) is 0 Å². The van der Waals surface area contributed by atoms with Gasteiger partial charge in [-0.15, -0.1) is 0 Å². The van der Waals surface area contributed by atoms with Gasteiger partial charge < -0.3 is 9.32 Å². The third-order valence-corrected chi connectivity index (χ3v) is 5.70. The van der Waals surface area contributed by atoms with E-state index in [-0.39, 0.29) is 11.9 Å². The number of furan rings is 1. The highest BCUT2D eigenvalue weighted by Crippen LogP contribution is 2.31. The van der Waals surface area contributed by atoms with Crippen molar-refractivity contribution in [1.82, 2.24) is 15.8 Å². The lowest BCUT2D eigenvalue weighted by Crippen LogP contribution is -2.52. The molecule has 6 nitrogen and oxygen atoms in total. The van der Waals surface area contributed by atoms with E-state index in [0.717, 1.165) is 48.6 Å². The molecule has 0 saturated carbocycles. The van der Waals surface area contributed by atoms with Crippen molar-refractivity contribution in [2.45, 2.75) is 6.04 Å². The first-order valence-corrected chi connectivity index (χ1v) is 9.82. The first-order chi connectivity index (χ1) is 13.8. The number of anilines is 1. The molecule has 0 bridgehead atoms. The summed E-state index contributed by atoms with van der Waals surface area (Å²) in [4.78, 5) is 16.8. The van der Waals surface area contributed by atoms with E-state index in [0.29, 0.717) is 12.5 Å². The van der Waals surface area contributed by atoms with Crippen molar-refractivity contribution in [3.63, 3.8) is 0 Å². The molecule has 2 fully saturated rings. The second-order valence-electron chi connectivity index (χ2n) is 7.57. The predicted octanol–water partition coefficient (Wildman–Crippen LogP) is 2.55. The Bertz CT molecular complexity index is 938. The number of carbonyl (C=O) groups is 1. The van der Waals surface area contributed by atoms with Gasteiger partial charge in [-0.05, 0) is 24.3 Å². The van der Waals surface area contributed by atoms with E-state index < -0.39 is 0 Å². The van der Waals surface area contributed by atoms with Gasteiger partial charge >= 0.3 is 0 Å². The Hall–Kier alpha value is -2.67. The van der Waals surface area contributed by atoms with Crippen molar-refractivity contribution in [3.8, 4) is 0 Å². The van der Waals surface area contributed by atoms with Crippen LogP contribution in [0.15, 0.2) is 65.1 Å². The number of nitrogens with one attached hydrogen (secondary N) is 2. The summed E-state index contributed by atoms with van der Waals surface area (Å²) < 4.78 is 6.07. The molecule has 1 aromatic heterocycles. The molecule has 2 N–H and O–H groups in total. The number of carbonyl (C=O) groups excluding carboxylic acids is 1. The zero-order valence-electron chi connectivity index (χ0n) is 15.7.